The average Bonchev–Trinajstić information content (AvgIpc) is 2.72. The molecule has 0 unspecified atom stereocenters. The second kappa shape index (κ2) is 1.98. The van der Waals surface area contributed by atoms with E-state index in [1.54, 1.807) is 5.57 Å². The van der Waals surface area contributed by atoms with E-state index < -0.39 is 0 Å². The third kappa shape index (κ3) is 0.920. The van der Waals surface area contributed by atoms with Gasteiger partial charge in [0.15, 0.2) is 0 Å². The molecule has 0 amide bonds. The van der Waals surface area contributed by atoms with Crippen molar-refractivity contribution < 1.29 is 0 Å². The van der Waals surface area contributed by atoms with E-state index in [2.05, 4.69) is 31.6 Å². The third-order valence-corrected chi connectivity index (χ3v) is 2.58. The van der Waals surface area contributed by atoms with E-state index in [1.807, 2.05) is 0 Å². The SMILES string of the molecule is CC1(C2=CC[CH]C=C2)CC1. The van der Waals surface area contributed by atoms with Crippen LogP contribution in [-0.2, 0) is 0 Å². The normalized spacial score (nSPS) is 27.9. The lowest BCUT2D eigenvalue weighted by Crippen LogP contribution is -1.98. The van der Waals surface area contributed by atoms with Crippen LogP contribution < -0.4 is 0 Å². The first kappa shape index (κ1) is 6.21. The molecule has 0 atom stereocenters. The van der Waals surface area contributed by atoms with Gasteiger partial charge in [-0.15, -0.1) is 0 Å². The smallest absolute Gasteiger partial charge is 0.00779 e. The van der Waals surface area contributed by atoms with E-state index in [0.717, 1.165) is 6.42 Å². The Morgan fingerprint density at radius 1 is 1.40 bits per heavy atom. The highest BCUT2D eigenvalue weighted by atomic mass is 14.4. The first-order valence-corrected chi connectivity index (χ1v) is 4.02. The van der Waals surface area contributed by atoms with E-state index in [1.165, 1.54) is 12.8 Å². The van der Waals surface area contributed by atoms with Gasteiger partial charge in [0, 0.05) is 0 Å². The van der Waals surface area contributed by atoms with Gasteiger partial charge in [-0.05, 0) is 36.7 Å². The molecule has 2 aliphatic rings. The fourth-order valence-corrected chi connectivity index (χ4v) is 1.44. The summed E-state index contributed by atoms with van der Waals surface area (Å²) < 4.78 is 0. The highest BCUT2D eigenvalue weighted by Gasteiger charge is 2.39. The van der Waals surface area contributed by atoms with Gasteiger partial charge in [-0.25, -0.2) is 0 Å². The zero-order chi connectivity index (χ0) is 7.03. The first-order chi connectivity index (χ1) is 4.81. The molecule has 0 aromatic rings. The minimum Gasteiger partial charge on any atom is -0.0802 e. The van der Waals surface area contributed by atoms with Crippen molar-refractivity contribution in [1.29, 1.82) is 0 Å². The van der Waals surface area contributed by atoms with Crippen molar-refractivity contribution in [1.82, 2.24) is 0 Å². The summed E-state index contributed by atoms with van der Waals surface area (Å²) in [6, 6.07) is 0. The summed E-state index contributed by atoms with van der Waals surface area (Å²) in [5.74, 6) is 0. The maximum atomic E-state index is 2.36. The monoisotopic (exact) mass is 133 g/mol. The molecule has 0 aliphatic heterocycles. The molecule has 2 aliphatic carbocycles. The molecule has 2 rings (SSSR count). The molecule has 0 nitrogen and oxygen atoms in total. The van der Waals surface area contributed by atoms with E-state index in [9.17, 15) is 0 Å². The zero-order valence-corrected chi connectivity index (χ0v) is 6.43. The predicted molar refractivity (Wildman–Crippen MR) is 43.5 cm³/mol. The Kier molecular flexibility index (Phi) is 1.23. The van der Waals surface area contributed by atoms with E-state index in [-0.39, 0.29) is 0 Å². The molecule has 0 spiro atoms. The highest BCUT2D eigenvalue weighted by Crippen LogP contribution is 2.52. The summed E-state index contributed by atoms with van der Waals surface area (Å²) in [5.41, 5.74) is 2.14. The van der Waals surface area contributed by atoms with E-state index in [0.29, 0.717) is 5.41 Å². The van der Waals surface area contributed by atoms with Gasteiger partial charge in [0.05, 0.1) is 0 Å². The van der Waals surface area contributed by atoms with Crippen LogP contribution in [0.3, 0.4) is 0 Å². The summed E-state index contributed by atoms with van der Waals surface area (Å²) in [5, 5.41) is 0. The van der Waals surface area contributed by atoms with Crippen LogP contribution in [0.15, 0.2) is 23.8 Å². The van der Waals surface area contributed by atoms with Crippen LogP contribution in [0.25, 0.3) is 0 Å². The molecule has 53 valence electrons. The lowest BCUT2D eigenvalue weighted by Gasteiger charge is -2.12. The quantitative estimate of drug-likeness (QED) is 0.516. The topological polar surface area (TPSA) is 0 Å². The fourth-order valence-electron chi connectivity index (χ4n) is 1.44. The maximum absolute atomic E-state index is 2.36. The molecule has 1 fully saturated rings. The maximum Gasteiger partial charge on any atom is -0.00779 e. The van der Waals surface area contributed by atoms with Crippen molar-refractivity contribution in [2.24, 2.45) is 5.41 Å². The molecule has 0 aromatic carbocycles. The van der Waals surface area contributed by atoms with Gasteiger partial charge in [0.25, 0.3) is 0 Å². The van der Waals surface area contributed by atoms with Crippen molar-refractivity contribution in [2.75, 3.05) is 0 Å². The van der Waals surface area contributed by atoms with Crippen molar-refractivity contribution in [2.45, 2.75) is 26.2 Å². The molecule has 0 N–H and O–H groups in total. The molecule has 1 saturated carbocycles. The summed E-state index contributed by atoms with van der Waals surface area (Å²) in [4.78, 5) is 0. The lowest BCUT2D eigenvalue weighted by atomic mass is 9.93. The Balaban J connectivity index is 2.17. The molecular formula is C10H13. The number of rotatable bonds is 1. The van der Waals surface area contributed by atoms with Gasteiger partial charge in [-0.2, -0.15) is 0 Å². The van der Waals surface area contributed by atoms with Gasteiger partial charge in [0.1, 0.15) is 0 Å². The van der Waals surface area contributed by atoms with Gasteiger partial charge in [-0.3, -0.25) is 0 Å². The Bertz CT molecular complexity index is 192. The second-order valence-corrected chi connectivity index (χ2v) is 3.55. The largest absolute Gasteiger partial charge is 0.0802 e. The van der Waals surface area contributed by atoms with E-state index >= 15 is 0 Å². The molecule has 10 heavy (non-hydrogen) atoms. The third-order valence-electron chi connectivity index (χ3n) is 2.58. The van der Waals surface area contributed by atoms with Crippen molar-refractivity contribution in [3.8, 4) is 0 Å². The predicted octanol–water partition coefficient (Wildman–Crippen LogP) is 2.88. The first-order valence-electron chi connectivity index (χ1n) is 4.02. The molecule has 1 radical (unpaired) electrons. The summed E-state index contributed by atoms with van der Waals surface area (Å²) in [7, 11) is 0. The van der Waals surface area contributed by atoms with Crippen LogP contribution >= 0.6 is 0 Å². The Morgan fingerprint density at radius 2 is 2.20 bits per heavy atom. The number of allylic oxidation sites excluding steroid dienone is 4. The van der Waals surface area contributed by atoms with Crippen LogP contribution in [0, 0.1) is 11.8 Å². The minimum atomic E-state index is 0.574. The second-order valence-electron chi connectivity index (χ2n) is 3.55. The molecule has 0 saturated heterocycles. The van der Waals surface area contributed by atoms with Gasteiger partial charge in [-0.1, -0.05) is 25.2 Å². The number of hydrogen-bond donors (Lipinski definition) is 0. The summed E-state index contributed by atoms with van der Waals surface area (Å²) in [6.45, 7) is 2.36. The van der Waals surface area contributed by atoms with Crippen LogP contribution in [-0.4, -0.2) is 0 Å². The average molecular weight is 133 g/mol. The summed E-state index contributed by atoms with van der Waals surface area (Å²) >= 11 is 0. The number of hydrogen-bond acceptors (Lipinski definition) is 0. The molecule has 0 heteroatoms. The van der Waals surface area contributed by atoms with Crippen LogP contribution in [0.1, 0.15) is 26.2 Å². The Hall–Kier alpha value is -0.520. The standard InChI is InChI=1S/C10H13/c1-10(7-8-10)9-5-3-2-4-6-9/h2-3,5-6H,4,7-8H2,1H3. The minimum absolute atomic E-state index is 0.574. The van der Waals surface area contributed by atoms with Crippen molar-refractivity contribution in [3.63, 3.8) is 0 Å². The van der Waals surface area contributed by atoms with Crippen LogP contribution in [0.4, 0.5) is 0 Å². The van der Waals surface area contributed by atoms with E-state index in [4.69, 9.17) is 0 Å². The Morgan fingerprint density at radius 3 is 2.70 bits per heavy atom. The molecular weight excluding hydrogens is 120 g/mol. The van der Waals surface area contributed by atoms with Crippen LogP contribution in [0.2, 0.25) is 0 Å². The molecule has 0 aromatic heterocycles. The zero-order valence-electron chi connectivity index (χ0n) is 6.43. The van der Waals surface area contributed by atoms with Crippen LogP contribution in [0.5, 0.6) is 0 Å². The summed E-state index contributed by atoms with van der Waals surface area (Å²) in [6.07, 6.45) is 12.9. The van der Waals surface area contributed by atoms with Gasteiger partial charge < -0.3 is 0 Å². The lowest BCUT2D eigenvalue weighted by molar-refractivity contribution is 0.702. The highest BCUT2D eigenvalue weighted by molar-refractivity contribution is 5.35. The Labute approximate surface area is 62.6 Å². The van der Waals surface area contributed by atoms with Crippen molar-refractivity contribution in [3.05, 3.63) is 30.2 Å². The van der Waals surface area contributed by atoms with Gasteiger partial charge in [0.2, 0.25) is 0 Å². The fraction of sp³-hybridized carbons (Fsp3) is 0.500. The molecule has 0 heterocycles. The molecule has 0 bridgehead atoms. The van der Waals surface area contributed by atoms with Crippen molar-refractivity contribution >= 4 is 0 Å². The van der Waals surface area contributed by atoms with Gasteiger partial charge >= 0.3 is 0 Å².